The minimum atomic E-state index is -0.887. The second kappa shape index (κ2) is 7.08. The normalized spacial score (nSPS) is 9.89. The first-order valence-electron chi connectivity index (χ1n) is 5.20. The summed E-state index contributed by atoms with van der Waals surface area (Å²) >= 11 is 11.5. The molecule has 1 aromatic carbocycles. The van der Waals surface area contributed by atoms with Crippen LogP contribution in [-0.4, -0.2) is 23.7 Å². The predicted octanol–water partition coefficient (Wildman–Crippen LogP) is 2.98. The van der Waals surface area contributed by atoms with Crippen LogP contribution < -0.4 is 10.6 Å². The van der Waals surface area contributed by atoms with Gasteiger partial charge >= 0.3 is 12.0 Å². The molecule has 0 saturated heterocycles. The van der Waals surface area contributed by atoms with E-state index in [-0.39, 0.29) is 6.42 Å². The molecule has 0 saturated carbocycles. The number of carboxylic acids is 1. The molecule has 3 N–H and O–H groups in total. The molecule has 0 heterocycles. The number of urea groups is 1. The Balaban J connectivity index is 2.35. The van der Waals surface area contributed by atoms with Crippen molar-refractivity contribution in [3.63, 3.8) is 0 Å². The number of rotatable bonds is 5. The molecule has 0 fully saturated rings. The van der Waals surface area contributed by atoms with Crippen molar-refractivity contribution in [3.05, 3.63) is 28.2 Å². The Morgan fingerprint density at radius 2 is 1.94 bits per heavy atom. The molecule has 0 unspecified atom stereocenters. The van der Waals surface area contributed by atoms with Gasteiger partial charge in [-0.1, -0.05) is 23.2 Å². The van der Waals surface area contributed by atoms with E-state index in [1.165, 1.54) is 6.07 Å². The van der Waals surface area contributed by atoms with Gasteiger partial charge in [-0.15, -0.1) is 0 Å². The molecule has 1 rings (SSSR count). The van der Waals surface area contributed by atoms with Gasteiger partial charge in [-0.3, -0.25) is 4.79 Å². The van der Waals surface area contributed by atoms with Crippen molar-refractivity contribution in [2.75, 3.05) is 11.9 Å². The zero-order valence-electron chi connectivity index (χ0n) is 9.37. The Bertz CT molecular complexity index is 452. The Morgan fingerprint density at radius 1 is 1.22 bits per heavy atom. The first-order valence-corrected chi connectivity index (χ1v) is 5.96. The summed E-state index contributed by atoms with van der Waals surface area (Å²) in [6.07, 6.45) is 0.400. The molecule has 2 amide bonds. The van der Waals surface area contributed by atoms with E-state index in [9.17, 15) is 9.59 Å². The molecular weight excluding hydrogens is 279 g/mol. The molecule has 0 spiro atoms. The Labute approximate surface area is 114 Å². The van der Waals surface area contributed by atoms with Gasteiger partial charge in [0, 0.05) is 18.7 Å². The number of carbonyl (C=O) groups excluding carboxylic acids is 1. The summed E-state index contributed by atoms with van der Waals surface area (Å²) in [6, 6.07) is 4.30. The van der Waals surface area contributed by atoms with Gasteiger partial charge in [0.2, 0.25) is 0 Å². The van der Waals surface area contributed by atoms with Crippen LogP contribution >= 0.6 is 23.2 Å². The lowest BCUT2D eigenvalue weighted by Crippen LogP contribution is -2.29. The predicted molar refractivity (Wildman–Crippen MR) is 70.4 cm³/mol. The number of hydrogen-bond acceptors (Lipinski definition) is 2. The van der Waals surface area contributed by atoms with Crippen LogP contribution in [0, 0.1) is 0 Å². The Morgan fingerprint density at radius 3 is 2.56 bits per heavy atom. The second-order valence-corrected chi connectivity index (χ2v) is 4.32. The highest BCUT2D eigenvalue weighted by atomic mass is 35.5. The highest BCUT2D eigenvalue weighted by Crippen LogP contribution is 2.24. The number of anilines is 1. The van der Waals surface area contributed by atoms with E-state index < -0.39 is 12.0 Å². The SMILES string of the molecule is O=C(O)CCCNC(=O)Nc1ccc(Cl)c(Cl)c1. The smallest absolute Gasteiger partial charge is 0.319 e. The fourth-order valence-corrected chi connectivity index (χ4v) is 1.49. The summed E-state index contributed by atoms with van der Waals surface area (Å²) in [6.45, 7) is 0.291. The molecule has 7 heteroatoms. The lowest BCUT2D eigenvalue weighted by Gasteiger charge is -2.07. The van der Waals surface area contributed by atoms with Gasteiger partial charge in [-0.05, 0) is 24.6 Å². The third-order valence-corrected chi connectivity index (χ3v) is 2.77. The van der Waals surface area contributed by atoms with Crippen molar-refractivity contribution in [3.8, 4) is 0 Å². The number of halogens is 2. The van der Waals surface area contributed by atoms with Gasteiger partial charge in [-0.2, -0.15) is 0 Å². The zero-order valence-corrected chi connectivity index (χ0v) is 10.9. The van der Waals surface area contributed by atoms with Crippen molar-refractivity contribution in [1.82, 2.24) is 5.32 Å². The number of amides is 2. The largest absolute Gasteiger partial charge is 0.481 e. The second-order valence-electron chi connectivity index (χ2n) is 3.51. The summed E-state index contributed by atoms with van der Waals surface area (Å²) in [7, 11) is 0. The van der Waals surface area contributed by atoms with Crippen molar-refractivity contribution in [1.29, 1.82) is 0 Å². The van der Waals surface area contributed by atoms with Gasteiger partial charge in [0.1, 0.15) is 0 Å². The third kappa shape index (κ3) is 5.25. The molecular formula is C11H12Cl2N2O3. The summed E-state index contributed by atoms with van der Waals surface area (Å²) < 4.78 is 0. The first-order chi connectivity index (χ1) is 8.49. The molecule has 1 aromatic rings. The van der Waals surface area contributed by atoms with Crippen LogP contribution in [0.5, 0.6) is 0 Å². The molecule has 0 aliphatic carbocycles. The van der Waals surface area contributed by atoms with Crippen molar-refractivity contribution < 1.29 is 14.7 Å². The Kier molecular flexibility index (Phi) is 5.74. The van der Waals surface area contributed by atoms with E-state index in [2.05, 4.69) is 10.6 Å². The minimum absolute atomic E-state index is 0.0209. The average Bonchev–Trinajstić information content (AvgIpc) is 2.29. The number of aliphatic carboxylic acids is 1. The molecule has 0 bridgehead atoms. The number of hydrogen-bond donors (Lipinski definition) is 3. The first kappa shape index (κ1) is 14.6. The summed E-state index contributed by atoms with van der Waals surface area (Å²) in [5, 5.41) is 14.3. The molecule has 0 aliphatic heterocycles. The van der Waals surface area contributed by atoms with E-state index in [0.29, 0.717) is 28.7 Å². The van der Waals surface area contributed by atoms with Crippen LogP contribution in [0.3, 0.4) is 0 Å². The summed E-state index contributed by atoms with van der Waals surface area (Å²) in [4.78, 5) is 21.7. The zero-order chi connectivity index (χ0) is 13.5. The van der Waals surface area contributed by atoms with Crippen LogP contribution in [0.2, 0.25) is 10.0 Å². The quantitative estimate of drug-likeness (QED) is 0.730. The van der Waals surface area contributed by atoms with E-state index in [1.807, 2.05) is 0 Å². The van der Waals surface area contributed by atoms with Crippen LogP contribution in [0.4, 0.5) is 10.5 Å². The van der Waals surface area contributed by atoms with Crippen LogP contribution in [0.25, 0.3) is 0 Å². The Hall–Kier alpha value is -1.46. The van der Waals surface area contributed by atoms with E-state index >= 15 is 0 Å². The van der Waals surface area contributed by atoms with Gasteiger partial charge in [0.15, 0.2) is 0 Å². The highest BCUT2D eigenvalue weighted by Gasteiger charge is 2.04. The van der Waals surface area contributed by atoms with E-state index in [4.69, 9.17) is 28.3 Å². The monoisotopic (exact) mass is 290 g/mol. The minimum Gasteiger partial charge on any atom is -0.481 e. The maximum atomic E-state index is 11.4. The van der Waals surface area contributed by atoms with Crippen molar-refractivity contribution in [2.45, 2.75) is 12.8 Å². The van der Waals surface area contributed by atoms with Gasteiger partial charge in [0.25, 0.3) is 0 Å². The number of nitrogens with one attached hydrogen (secondary N) is 2. The summed E-state index contributed by atoms with van der Waals surface area (Å²) in [5.74, 6) is -0.887. The van der Waals surface area contributed by atoms with Gasteiger partial charge in [0.05, 0.1) is 10.0 Å². The fourth-order valence-electron chi connectivity index (χ4n) is 1.19. The molecule has 18 heavy (non-hydrogen) atoms. The number of benzene rings is 1. The maximum Gasteiger partial charge on any atom is 0.319 e. The van der Waals surface area contributed by atoms with Crippen LogP contribution in [-0.2, 0) is 4.79 Å². The molecule has 0 atom stereocenters. The van der Waals surface area contributed by atoms with Gasteiger partial charge < -0.3 is 15.7 Å². The molecule has 98 valence electrons. The lowest BCUT2D eigenvalue weighted by molar-refractivity contribution is -0.137. The molecule has 0 radical (unpaired) electrons. The standard InChI is InChI=1S/C11H12Cl2N2O3/c12-8-4-3-7(6-9(8)13)15-11(18)14-5-1-2-10(16)17/h3-4,6H,1-2,5H2,(H,16,17)(H2,14,15,18). The maximum absolute atomic E-state index is 11.4. The van der Waals surface area contributed by atoms with Crippen molar-refractivity contribution >= 4 is 40.9 Å². The topological polar surface area (TPSA) is 78.4 Å². The average molecular weight is 291 g/mol. The van der Waals surface area contributed by atoms with Crippen LogP contribution in [0.15, 0.2) is 18.2 Å². The van der Waals surface area contributed by atoms with E-state index in [0.717, 1.165) is 0 Å². The summed E-state index contributed by atoms with van der Waals surface area (Å²) in [5.41, 5.74) is 0.514. The molecule has 5 nitrogen and oxygen atoms in total. The molecule has 0 aromatic heterocycles. The fraction of sp³-hybridized carbons (Fsp3) is 0.273. The lowest BCUT2D eigenvalue weighted by atomic mass is 10.3. The van der Waals surface area contributed by atoms with Crippen molar-refractivity contribution in [2.24, 2.45) is 0 Å². The molecule has 0 aliphatic rings. The number of carboxylic acid groups (broad SMARTS) is 1. The van der Waals surface area contributed by atoms with Crippen LogP contribution in [0.1, 0.15) is 12.8 Å². The highest BCUT2D eigenvalue weighted by molar-refractivity contribution is 6.42. The van der Waals surface area contributed by atoms with E-state index in [1.54, 1.807) is 12.1 Å². The number of carbonyl (C=O) groups is 2. The third-order valence-electron chi connectivity index (χ3n) is 2.03. The van der Waals surface area contributed by atoms with Gasteiger partial charge in [-0.25, -0.2) is 4.79 Å².